The van der Waals surface area contributed by atoms with Crippen LogP contribution in [0.3, 0.4) is 0 Å². The number of amides is 1. The third-order valence-electron chi connectivity index (χ3n) is 13.2. The lowest BCUT2D eigenvalue weighted by Gasteiger charge is -2.27. The molecule has 3 unspecified atom stereocenters. The number of esters is 1. The Morgan fingerprint density at radius 2 is 0.861 bits per heavy atom. The molecule has 0 saturated heterocycles. The number of hydrogen-bond acceptors (Lipinski definition) is 6. The molecule has 0 aromatic rings. The second kappa shape index (κ2) is 52.2. The summed E-state index contributed by atoms with van der Waals surface area (Å²) < 4.78 is 30.6. The van der Waals surface area contributed by atoms with E-state index in [2.05, 4.69) is 74.7 Å². The minimum Gasteiger partial charge on any atom is -0.456 e. The van der Waals surface area contributed by atoms with Gasteiger partial charge in [0.25, 0.3) is 0 Å². The maximum atomic E-state index is 13.5. The lowest BCUT2D eigenvalue weighted by molar-refractivity contribution is -0.870. The lowest BCUT2D eigenvalue weighted by atomic mass is 10.0. The number of nitrogens with zero attached hydrogens (tertiary/aromatic N) is 1. The van der Waals surface area contributed by atoms with Crippen molar-refractivity contribution in [3.63, 3.8) is 0 Å². The molecule has 1 amide bonds. The van der Waals surface area contributed by atoms with E-state index in [1.54, 1.807) is 0 Å². The van der Waals surface area contributed by atoms with E-state index >= 15 is 0 Å². The largest absolute Gasteiger partial charge is 0.472 e. The van der Waals surface area contributed by atoms with Gasteiger partial charge in [-0.1, -0.05) is 230 Å². The van der Waals surface area contributed by atoms with Crippen molar-refractivity contribution in [2.24, 2.45) is 0 Å². The van der Waals surface area contributed by atoms with Crippen molar-refractivity contribution in [1.29, 1.82) is 0 Å². The summed E-state index contributed by atoms with van der Waals surface area (Å²) >= 11 is 0. The van der Waals surface area contributed by atoms with E-state index in [0.29, 0.717) is 17.4 Å². The van der Waals surface area contributed by atoms with E-state index in [9.17, 15) is 19.0 Å². The van der Waals surface area contributed by atoms with Crippen molar-refractivity contribution in [2.45, 2.75) is 283 Å². The van der Waals surface area contributed by atoms with Crippen molar-refractivity contribution in [3.8, 4) is 0 Å². The molecule has 72 heavy (non-hydrogen) atoms. The zero-order chi connectivity index (χ0) is 52.9. The summed E-state index contributed by atoms with van der Waals surface area (Å²) in [6, 6.07) is -0.853. The first-order valence-electron chi connectivity index (χ1n) is 30.1. The molecule has 0 bridgehead atoms. The number of rotatable bonds is 54. The highest BCUT2D eigenvalue weighted by atomic mass is 31.2. The van der Waals surface area contributed by atoms with Gasteiger partial charge >= 0.3 is 13.8 Å². The number of quaternary nitrogens is 1. The molecule has 3 atom stereocenters. The van der Waals surface area contributed by atoms with Gasteiger partial charge in [-0.25, -0.2) is 4.57 Å². The van der Waals surface area contributed by atoms with Crippen LogP contribution in [0.25, 0.3) is 0 Å². The first-order valence-corrected chi connectivity index (χ1v) is 31.6. The number of likely N-dealkylation sites (N-methyl/N-ethyl adjacent to an activating group) is 1. The van der Waals surface area contributed by atoms with Crippen molar-refractivity contribution in [2.75, 3.05) is 40.9 Å². The van der Waals surface area contributed by atoms with Crippen LogP contribution in [-0.4, -0.2) is 74.3 Å². The van der Waals surface area contributed by atoms with E-state index in [1.807, 2.05) is 33.3 Å². The first-order chi connectivity index (χ1) is 34.9. The summed E-state index contributed by atoms with van der Waals surface area (Å²) in [6.45, 7) is 6.94. The average Bonchev–Trinajstić information content (AvgIpc) is 3.34. The van der Waals surface area contributed by atoms with Crippen LogP contribution in [0.2, 0.25) is 0 Å². The Balaban J connectivity index is 5.17. The quantitative estimate of drug-likeness (QED) is 0.0205. The Morgan fingerprint density at radius 3 is 1.35 bits per heavy atom. The Kier molecular flexibility index (Phi) is 50.5. The fraction of sp³-hybridized carbons (Fsp3) is 0.806. The maximum Gasteiger partial charge on any atom is 0.472 e. The molecule has 0 aliphatic carbocycles. The van der Waals surface area contributed by atoms with Gasteiger partial charge in [-0.3, -0.25) is 18.6 Å². The predicted molar refractivity (Wildman–Crippen MR) is 309 cm³/mol. The molecule has 0 saturated carbocycles. The van der Waals surface area contributed by atoms with Gasteiger partial charge in [0.05, 0.1) is 33.8 Å². The second-order valence-electron chi connectivity index (χ2n) is 21.5. The topological polar surface area (TPSA) is 111 Å². The normalized spacial score (nSPS) is 14.2. The van der Waals surface area contributed by atoms with Gasteiger partial charge in [0.1, 0.15) is 19.3 Å². The van der Waals surface area contributed by atoms with Crippen molar-refractivity contribution < 1.29 is 37.3 Å². The molecular weight excluding hydrogens is 916 g/mol. The van der Waals surface area contributed by atoms with Crippen molar-refractivity contribution in [3.05, 3.63) is 60.8 Å². The number of allylic oxidation sites excluding steroid dienone is 9. The van der Waals surface area contributed by atoms with Gasteiger partial charge in [0, 0.05) is 12.8 Å². The van der Waals surface area contributed by atoms with Crippen LogP contribution < -0.4 is 5.32 Å². The van der Waals surface area contributed by atoms with Crippen LogP contribution in [-0.2, 0) is 27.9 Å². The molecule has 0 radical (unpaired) electrons. The standard InChI is InChI=1S/C62H115N2O7P/c1-7-10-13-16-19-22-25-27-28-29-30-31-32-33-34-35-36-37-40-42-45-48-51-54-61(65)63-59(58-70-72(67,68)69-57-56-64(4,5)6)60(53-50-47-44-41-39-26-23-20-17-14-11-8-2)71-62(66)55-52-49-46-43-38-24-21-18-15-12-9-3/h18-19,21-22,27-28,30-31,50,53,59-60H,7-17,20,23-26,29,32-49,51-52,54-58H2,1-6H3,(H-,63,65,67,68)/p+1/b21-18-,22-19-,28-27-,31-30-,53-50-. The number of carbonyl (C=O) groups excluding carboxylic acids is 2. The monoisotopic (exact) mass is 1030 g/mol. The molecule has 2 N–H and O–H groups in total. The molecule has 0 spiro atoms. The van der Waals surface area contributed by atoms with Crippen molar-refractivity contribution >= 4 is 19.7 Å². The van der Waals surface area contributed by atoms with Gasteiger partial charge in [-0.2, -0.15) is 0 Å². The number of phosphoric acid groups is 1. The Bertz CT molecular complexity index is 1420. The zero-order valence-electron chi connectivity index (χ0n) is 47.9. The highest BCUT2D eigenvalue weighted by molar-refractivity contribution is 7.47. The molecular formula is C62H116N2O7P+. The van der Waals surface area contributed by atoms with Crippen LogP contribution in [0, 0.1) is 0 Å². The van der Waals surface area contributed by atoms with Crippen LogP contribution in [0.1, 0.15) is 271 Å². The lowest BCUT2D eigenvalue weighted by Crippen LogP contribution is -2.47. The summed E-state index contributed by atoms with van der Waals surface area (Å²) in [5, 5.41) is 3.05. The molecule has 420 valence electrons. The van der Waals surface area contributed by atoms with Gasteiger partial charge < -0.3 is 19.4 Å². The molecule has 0 aromatic heterocycles. The zero-order valence-corrected chi connectivity index (χ0v) is 48.8. The van der Waals surface area contributed by atoms with Gasteiger partial charge in [-0.15, -0.1) is 0 Å². The summed E-state index contributed by atoms with van der Waals surface area (Å²) in [5.41, 5.74) is 0. The van der Waals surface area contributed by atoms with E-state index < -0.39 is 20.0 Å². The van der Waals surface area contributed by atoms with Crippen molar-refractivity contribution in [1.82, 2.24) is 5.32 Å². The molecule has 0 heterocycles. The summed E-state index contributed by atoms with van der Waals surface area (Å²) in [5.74, 6) is -0.518. The van der Waals surface area contributed by atoms with Gasteiger partial charge in [0.15, 0.2) is 0 Å². The highest BCUT2D eigenvalue weighted by Gasteiger charge is 2.30. The van der Waals surface area contributed by atoms with Crippen LogP contribution in [0.15, 0.2) is 60.8 Å². The minimum absolute atomic E-state index is 0.0372. The van der Waals surface area contributed by atoms with Crippen LogP contribution in [0.5, 0.6) is 0 Å². The number of ether oxygens (including phenoxy) is 1. The number of nitrogens with one attached hydrogen (secondary N) is 1. The summed E-state index contributed by atoms with van der Waals surface area (Å²) in [4.78, 5) is 37.6. The molecule has 10 heteroatoms. The molecule has 0 aromatic carbocycles. The van der Waals surface area contributed by atoms with Crippen LogP contribution >= 0.6 is 7.82 Å². The Labute approximate surface area is 445 Å². The number of unbranched alkanes of at least 4 members (excludes halogenated alkanes) is 30. The Morgan fingerprint density at radius 1 is 0.486 bits per heavy atom. The number of phosphoric ester groups is 1. The maximum absolute atomic E-state index is 13.5. The van der Waals surface area contributed by atoms with E-state index in [0.717, 1.165) is 96.3 Å². The highest BCUT2D eigenvalue weighted by Crippen LogP contribution is 2.43. The molecule has 9 nitrogen and oxygen atoms in total. The van der Waals surface area contributed by atoms with Gasteiger partial charge in [-0.05, 0) is 89.5 Å². The summed E-state index contributed by atoms with van der Waals surface area (Å²) in [6.07, 6.45) is 65.0. The Hall–Kier alpha value is -2.29. The second-order valence-corrected chi connectivity index (χ2v) is 23.0. The SMILES string of the molecule is CCCC/C=C\CCCCCCCC(=O)OC(/C=C\CCCCCCCCCCCC)C(COP(=O)(O)OCC[N+](C)(C)C)NC(=O)CCCCCCCCCCCC/C=C\C/C=C\C/C=C\CCCCC. The average molecular weight is 1030 g/mol. The predicted octanol–water partition coefficient (Wildman–Crippen LogP) is 18.3. The molecule has 0 aliphatic rings. The van der Waals surface area contributed by atoms with Crippen LogP contribution in [0.4, 0.5) is 0 Å². The fourth-order valence-corrected chi connectivity index (χ4v) is 9.19. The van der Waals surface area contributed by atoms with Gasteiger partial charge in [0.2, 0.25) is 5.91 Å². The van der Waals surface area contributed by atoms with E-state index in [4.69, 9.17) is 13.8 Å². The van der Waals surface area contributed by atoms with E-state index in [-0.39, 0.29) is 31.5 Å². The summed E-state index contributed by atoms with van der Waals surface area (Å²) in [7, 11) is 1.49. The minimum atomic E-state index is -4.45. The molecule has 0 aliphatic heterocycles. The molecule has 0 fully saturated rings. The third-order valence-corrected chi connectivity index (χ3v) is 14.2. The van der Waals surface area contributed by atoms with E-state index in [1.165, 1.54) is 141 Å². The number of carbonyl (C=O) groups is 2. The smallest absolute Gasteiger partial charge is 0.456 e. The fourth-order valence-electron chi connectivity index (χ4n) is 8.46. The molecule has 0 rings (SSSR count). The third kappa shape index (κ3) is 52.6. The number of hydrogen-bond donors (Lipinski definition) is 2. The first kappa shape index (κ1) is 69.7.